The molecule has 0 bridgehead atoms. The summed E-state index contributed by atoms with van der Waals surface area (Å²) in [6.45, 7) is 1.66. The first-order valence-corrected chi connectivity index (χ1v) is 8.33. The summed E-state index contributed by atoms with van der Waals surface area (Å²) in [5.41, 5.74) is 0.0812. The van der Waals surface area contributed by atoms with Crippen molar-refractivity contribution in [3.05, 3.63) is 51.7 Å². The molecular formula is C13H13N5O6S. The van der Waals surface area contributed by atoms with Crippen LogP contribution in [0.1, 0.15) is 22.8 Å². The number of sulfonamides is 1. The highest BCUT2D eigenvalue weighted by atomic mass is 32.2. The van der Waals surface area contributed by atoms with Gasteiger partial charge in [-0.1, -0.05) is 0 Å². The highest BCUT2D eigenvalue weighted by Gasteiger charge is 2.25. The number of nitro benzene ring substituents is 1. The van der Waals surface area contributed by atoms with Gasteiger partial charge in [-0.25, -0.2) is 4.79 Å². The number of hydrogen-bond acceptors (Lipinski definition) is 8. The number of carbonyl (C=O) groups excluding carboxylic acids is 1. The summed E-state index contributed by atoms with van der Waals surface area (Å²) in [6.07, 6.45) is 2.19. The number of aromatic amines is 1. The molecule has 0 saturated heterocycles. The van der Waals surface area contributed by atoms with E-state index < -0.39 is 25.9 Å². The molecule has 1 aromatic carbocycles. The number of H-pyrrole nitrogens is 1. The lowest BCUT2D eigenvalue weighted by molar-refractivity contribution is -0.384. The van der Waals surface area contributed by atoms with Crippen molar-refractivity contribution < 1.29 is 22.9 Å². The van der Waals surface area contributed by atoms with Crippen LogP contribution in [0.2, 0.25) is 0 Å². The maximum atomic E-state index is 12.2. The van der Waals surface area contributed by atoms with Crippen molar-refractivity contribution in [2.75, 3.05) is 6.61 Å². The minimum atomic E-state index is -4.18. The van der Waals surface area contributed by atoms with Crippen LogP contribution in [0.5, 0.6) is 0 Å². The third kappa shape index (κ3) is 4.38. The standard InChI is InChI=1S/C13H13N5O6S/c1-2-24-13(19)11-8-14-16-12(11)25(22,23)17-15-7-9-3-5-10(6-4-9)18(20)21/h3-8,17H,2H2,1H3,(H,14,16)/b15-7+. The van der Waals surface area contributed by atoms with Crippen molar-refractivity contribution in [1.29, 1.82) is 0 Å². The van der Waals surface area contributed by atoms with E-state index >= 15 is 0 Å². The number of esters is 1. The van der Waals surface area contributed by atoms with Crippen molar-refractivity contribution in [2.24, 2.45) is 5.10 Å². The monoisotopic (exact) mass is 367 g/mol. The van der Waals surface area contributed by atoms with Gasteiger partial charge in [0.15, 0.2) is 5.03 Å². The summed E-state index contributed by atoms with van der Waals surface area (Å²) >= 11 is 0. The van der Waals surface area contributed by atoms with E-state index in [0.717, 1.165) is 12.4 Å². The van der Waals surface area contributed by atoms with Gasteiger partial charge in [0.1, 0.15) is 5.56 Å². The fourth-order valence-electron chi connectivity index (χ4n) is 1.73. The van der Waals surface area contributed by atoms with E-state index in [1.165, 1.54) is 24.3 Å². The Bertz CT molecular complexity index is 903. The van der Waals surface area contributed by atoms with E-state index in [1.807, 2.05) is 4.83 Å². The van der Waals surface area contributed by atoms with Gasteiger partial charge in [-0.3, -0.25) is 15.2 Å². The number of rotatable bonds is 7. The van der Waals surface area contributed by atoms with E-state index in [1.54, 1.807) is 6.92 Å². The molecule has 1 heterocycles. The number of nitro groups is 1. The molecule has 2 N–H and O–H groups in total. The molecule has 11 nitrogen and oxygen atoms in total. The smallest absolute Gasteiger partial charge is 0.342 e. The van der Waals surface area contributed by atoms with Crippen LogP contribution in [0, 0.1) is 10.1 Å². The third-order valence-corrected chi connectivity index (χ3v) is 4.05. The largest absolute Gasteiger partial charge is 0.462 e. The van der Waals surface area contributed by atoms with Crippen LogP contribution < -0.4 is 4.83 Å². The van der Waals surface area contributed by atoms with E-state index in [9.17, 15) is 23.3 Å². The Hall–Kier alpha value is -3.28. The normalized spacial score (nSPS) is 11.4. The third-order valence-electron chi connectivity index (χ3n) is 2.86. The van der Waals surface area contributed by atoms with Crippen LogP contribution >= 0.6 is 0 Å². The molecule has 0 saturated carbocycles. The maximum Gasteiger partial charge on any atom is 0.342 e. The first-order chi connectivity index (χ1) is 11.8. The molecule has 0 atom stereocenters. The fraction of sp³-hybridized carbons (Fsp3) is 0.154. The Morgan fingerprint density at radius 3 is 2.72 bits per heavy atom. The number of aromatic nitrogens is 2. The Morgan fingerprint density at radius 2 is 2.12 bits per heavy atom. The first kappa shape index (κ1) is 18.1. The zero-order valence-corrected chi connectivity index (χ0v) is 13.7. The topological polar surface area (TPSA) is 157 Å². The average molecular weight is 367 g/mol. The molecule has 0 spiro atoms. The highest BCUT2D eigenvalue weighted by molar-refractivity contribution is 7.89. The predicted octanol–water partition coefficient (Wildman–Crippen LogP) is 0.807. The predicted molar refractivity (Wildman–Crippen MR) is 85.6 cm³/mol. The van der Waals surface area contributed by atoms with Crippen LogP contribution in [-0.2, 0) is 14.8 Å². The fourth-order valence-corrected chi connectivity index (χ4v) is 2.61. The van der Waals surface area contributed by atoms with Crippen molar-refractivity contribution in [2.45, 2.75) is 11.9 Å². The summed E-state index contributed by atoms with van der Waals surface area (Å²) in [4.78, 5) is 23.6. The molecule has 0 aliphatic heterocycles. The summed E-state index contributed by atoms with van der Waals surface area (Å²) in [6, 6.07) is 5.31. The number of nitrogens with one attached hydrogen (secondary N) is 2. The molecule has 0 aliphatic rings. The molecule has 0 amide bonds. The SMILES string of the molecule is CCOC(=O)c1cn[nH]c1S(=O)(=O)N/N=C/c1ccc([N+](=O)[O-])cc1. The van der Waals surface area contributed by atoms with Crippen molar-refractivity contribution in [1.82, 2.24) is 15.0 Å². The van der Waals surface area contributed by atoms with E-state index in [2.05, 4.69) is 15.3 Å². The van der Waals surface area contributed by atoms with Gasteiger partial charge < -0.3 is 4.74 Å². The number of nitrogens with zero attached hydrogens (tertiary/aromatic N) is 3. The number of carbonyl (C=O) groups is 1. The number of benzene rings is 1. The second-order valence-corrected chi connectivity index (χ2v) is 6.13. The first-order valence-electron chi connectivity index (χ1n) is 6.85. The van der Waals surface area contributed by atoms with Gasteiger partial charge >= 0.3 is 5.97 Å². The molecule has 25 heavy (non-hydrogen) atoms. The van der Waals surface area contributed by atoms with Crippen LogP contribution in [-0.4, -0.2) is 42.3 Å². The minimum absolute atomic E-state index is 0.0786. The van der Waals surface area contributed by atoms with E-state index in [4.69, 9.17) is 4.74 Å². The van der Waals surface area contributed by atoms with Gasteiger partial charge in [-0.05, 0) is 24.6 Å². The number of ether oxygens (including phenoxy) is 1. The van der Waals surface area contributed by atoms with Crippen molar-refractivity contribution in [3.63, 3.8) is 0 Å². The van der Waals surface area contributed by atoms with Crippen LogP contribution in [0.25, 0.3) is 0 Å². The molecule has 132 valence electrons. The molecule has 0 unspecified atom stereocenters. The molecule has 2 rings (SSSR count). The van der Waals surface area contributed by atoms with Gasteiger partial charge in [-0.2, -0.15) is 23.4 Å². The Kier molecular flexibility index (Phi) is 5.44. The van der Waals surface area contributed by atoms with Gasteiger partial charge in [-0.15, -0.1) is 0 Å². The van der Waals surface area contributed by atoms with Gasteiger partial charge in [0.2, 0.25) is 0 Å². The van der Waals surface area contributed by atoms with Crippen LogP contribution in [0.15, 0.2) is 40.6 Å². The second-order valence-electron chi connectivity index (χ2n) is 4.53. The lowest BCUT2D eigenvalue weighted by atomic mass is 10.2. The number of non-ortho nitro benzene ring substituents is 1. The Labute approximate surface area is 141 Å². The maximum absolute atomic E-state index is 12.2. The molecule has 0 fully saturated rings. The lowest BCUT2D eigenvalue weighted by Crippen LogP contribution is -2.21. The zero-order valence-electron chi connectivity index (χ0n) is 12.9. The zero-order chi connectivity index (χ0) is 18.4. The average Bonchev–Trinajstić information content (AvgIpc) is 3.06. The lowest BCUT2D eigenvalue weighted by Gasteiger charge is -2.04. The van der Waals surface area contributed by atoms with Gasteiger partial charge in [0.05, 0.1) is 23.9 Å². The van der Waals surface area contributed by atoms with E-state index in [0.29, 0.717) is 5.56 Å². The quantitative estimate of drug-likeness (QED) is 0.317. The van der Waals surface area contributed by atoms with Crippen molar-refractivity contribution in [3.8, 4) is 0 Å². The van der Waals surface area contributed by atoms with Gasteiger partial charge in [0.25, 0.3) is 15.7 Å². The Balaban J connectivity index is 2.13. The molecule has 2 aromatic rings. The molecule has 12 heteroatoms. The summed E-state index contributed by atoms with van der Waals surface area (Å²) in [7, 11) is -4.18. The summed E-state index contributed by atoms with van der Waals surface area (Å²) in [5, 5.41) is 19.4. The molecule has 0 aliphatic carbocycles. The van der Waals surface area contributed by atoms with Crippen LogP contribution in [0.3, 0.4) is 0 Å². The second kappa shape index (κ2) is 7.53. The van der Waals surface area contributed by atoms with Crippen molar-refractivity contribution >= 4 is 27.9 Å². The van der Waals surface area contributed by atoms with E-state index in [-0.39, 0.29) is 17.9 Å². The van der Waals surface area contributed by atoms with Crippen LogP contribution in [0.4, 0.5) is 5.69 Å². The Morgan fingerprint density at radius 1 is 1.44 bits per heavy atom. The summed E-state index contributed by atoms with van der Waals surface area (Å²) < 4.78 is 29.1. The number of hydrogen-bond donors (Lipinski definition) is 2. The summed E-state index contributed by atoms with van der Waals surface area (Å²) in [5.74, 6) is -0.837. The molecule has 1 aromatic heterocycles. The highest BCUT2D eigenvalue weighted by Crippen LogP contribution is 2.13. The minimum Gasteiger partial charge on any atom is -0.462 e. The molecular weight excluding hydrogens is 354 g/mol. The molecule has 0 radical (unpaired) electrons. The van der Waals surface area contributed by atoms with Gasteiger partial charge in [0, 0.05) is 12.1 Å². The number of hydrazone groups is 1.